The van der Waals surface area contributed by atoms with E-state index in [1.165, 1.54) is 18.2 Å². The van der Waals surface area contributed by atoms with Crippen LogP contribution < -0.4 is 11.1 Å². The Balaban J connectivity index is 2.08. The van der Waals surface area contributed by atoms with Crippen molar-refractivity contribution in [3.8, 4) is 0 Å². The predicted octanol–water partition coefficient (Wildman–Crippen LogP) is 3.09. The molecule has 1 fully saturated rings. The van der Waals surface area contributed by atoms with E-state index < -0.39 is 4.92 Å². The van der Waals surface area contributed by atoms with Crippen molar-refractivity contribution in [1.82, 2.24) is 0 Å². The van der Waals surface area contributed by atoms with E-state index in [9.17, 15) is 14.9 Å². The smallest absolute Gasteiger partial charge is 0.288 e. The normalized spacial score (nSPS) is 22.4. The Hall–Kier alpha value is -1.66. The van der Waals surface area contributed by atoms with Crippen molar-refractivity contribution in [3.05, 3.63) is 33.3 Å². The molecule has 1 aliphatic rings. The molecule has 2 unspecified atom stereocenters. The van der Waals surface area contributed by atoms with E-state index in [0.717, 1.165) is 32.1 Å². The van der Waals surface area contributed by atoms with Gasteiger partial charge in [-0.2, -0.15) is 0 Å². The molecule has 1 aromatic carbocycles. The minimum atomic E-state index is -0.560. The molecule has 3 N–H and O–H groups in total. The molecule has 1 aromatic rings. The molecule has 0 saturated heterocycles. The van der Waals surface area contributed by atoms with E-state index in [4.69, 9.17) is 17.3 Å². The van der Waals surface area contributed by atoms with Crippen LogP contribution in [0.1, 0.15) is 32.1 Å². The first-order valence-electron chi connectivity index (χ1n) is 6.99. The fraction of sp³-hybridized carbons (Fsp3) is 0.500. The van der Waals surface area contributed by atoms with E-state index in [-0.39, 0.29) is 28.6 Å². The molecule has 1 amide bonds. The van der Waals surface area contributed by atoms with Gasteiger partial charge < -0.3 is 11.1 Å². The third-order valence-corrected chi connectivity index (χ3v) is 4.12. The second-order valence-electron chi connectivity index (χ2n) is 5.32. The van der Waals surface area contributed by atoms with Crippen LogP contribution in [0, 0.1) is 16.0 Å². The summed E-state index contributed by atoms with van der Waals surface area (Å²) >= 11 is 5.83. The van der Waals surface area contributed by atoms with Crippen LogP contribution in [0.25, 0.3) is 0 Å². The second-order valence-corrected chi connectivity index (χ2v) is 5.73. The van der Waals surface area contributed by atoms with Crippen LogP contribution in [0.5, 0.6) is 0 Å². The highest BCUT2D eigenvalue weighted by molar-refractivity contribution is 6.33. The minimum Gasteiger partial charge on any atom is -0.327 e. The monoisotopic (exact) mass is 311 g/mol. The van der Waals surface area contributed by atoms with Crippen LogP contribution in [-0.4, -0.2) is 16.9 Å². The molecule has 6 nitrogen and oxygen atoms in total. The molecule has 21 heavy (non-hydrogen) atoms. The molecule has 0 bridgehead atoms. The molecule has 0 aromatic heterocycles. The summed E-state index contributed by atoms with van der Waals surface area (Å²) in [5.74, 6) is -0.365. The summed E-state index contributed by atoms with van der Waals surface area (Å²) < 4.78 is 0. The number of benzene rings is 1. The zero-order chi connectivity index (χ0) is 15.4. The van der Waals surface area contributed by atoms with E-state index >= 15 is 0 Å². The molecule has 1 aliphatic carbocycles. The largest absolute Gasteiger partial charge is 0.327 e. The van der Waals surface area contributed by atoms with Crippen molar-refractivity contribution in [2.75, 3.05) is 5.32 Å². The lowest BCUT2D eigenvalue weighted by Crippen LogP contribution is -2.37. The number of hydrogen-bond acceptors (Lipinski definition) is 4. The fourth-order valence-corrected chi connectivity index (χ4v) is 2.88. The van der Waals surface area contributed by atoms with Crippen molar-refractivity contribution in [2.45, 2.75) is 38.1 Å². The standard InChI is InChI=1S/C14H18ClN3O3/c15-11-8-9(6-7-13(11)18(20)21)17-14(19)10-4-2-1-3-5-12(10)16/h6-8,10,12H,1-5,16H2,(H,17,19). The Kier molecular flexibility index (Phi) is 5.14. The number of hydrogen-bond donors (Lipinski definition) is 2. The van der Waals surface area contributed by atoms with E-state index in [1.54, 1.807) is 0 Å². The molecular weight excluding hydrogens is 294 g/mol. The van der Waals surface area contributed by atoms with Crippen molar-refractivity contribution in [1.29, 1.82) is 0 Å². The second kappa shape index (κ2) is 6.87. The number of amides is 1. The first-order valence-corrected chi connectivity index (χ1v) is 7.37. The summed E-state index contributed by atoms with van der Waals surface area (Å²) in [6.45, 7) is 0. The maximum Gasteiger partial charge on any atom is 0.288 e. The average Bonchev–Trinajstić information content (AvgIpc) is 2.63. The van der Waals surface area contributed by atoms with Crippen molar-refractivity contribution < 1.29 is 9.72 Å². The molecule has 0 aliphatic heterocycles. The van der Waals surface area contributed by atoms with Gasteiger partial charge in [0.05, 0.1) is 10.8 Å². The number of nitro benzene ring substituents is 1. The Morgan fingerprint density at radius 1 is 1.33 bits per heavy atom. The van der Waals surface area contributed by atoms with Gasteiger partial charge in [0.25, 0.3) is 5.69 Å². The molecule has 2 atom stereocenters. The molecule has 0 radical (unpaired) electrons. The lowest BCUT2D eigenvalue weighted by atomic mass is 9.94. The molecule has 0 spiro atoms. The molecule has 2 rings (SSSR count). The first kappa shape index (κ1) is 15.7. The lowest BCUT2D eigenvalue weighted by molar-refractivity contribution is -0.384. The highest BCUT2D eigenvalue weighted by Gasteiger charge is 2.27. The van der Waals surface area contributed by atoms with Gasteiger partial charge in [-0.25, -0.2) is 0 Å². The number of carbonyl (C=O) groups is 1. The summed E-state index contributed by atoms with van der Waals surface area (Å²) in [6.07, 6.45) is 4.76. The Morgan fingerprint density at radius 3 is 2.71 bits per heavy atom. The van der Waals surface area contributed by atoms with E-state index in [0.29, 0.717) is 5.69 Å². The third-order valence-electron chi connectivity index (χ3n) is 3.82. The number of nitrogens with two attached hydrogens (primary N) is 1. The van der Waals surface area contributed by atoms with Crippen LogP contribution in [0.2, 0.25) is 5.02 Å². The maximum atomic E-state index is 12.3. The molecule has 0 heterocycles. The van der Waals surface area contributed by atoms with Crippen LogP contribution in [0.4, 0.5) is 11.4 Å². The summed E-state index contributed by atoms with van der Waals surface area (Å²) in [7, 11) is 0. The van der Waals surface area contributed by atoms with Crippen LogP contribution in [0.3, 0.4) is 0 Å². The minimum absolute atomic E-state index is 0.00275. The van der Waals surface area contributed by atoms with Gasteiger partial charge in [0.15, 0.2) is 0 Å². The molecule has 7 heteroatoms. The highest BCUT2D eigenvalue weighted by Crippen LogP contribution is 2.28. The summed E-state index contributed by atoms with van der Waals surface area (Å²) in [4.78, 5) is 22.4. The van der Waals surface area contributed by atoms with E-state index in [2.05, 4.69) is 5.32 Å². The van der Waals surface area contributed by atoms with Crippen LogP contribution in [0.15, 0.2) is 18.2 Å². The van der Waals surface area contributed by atoms with Crippen LogP contribution >= 0.6 is 11.6 Å². The van der Waals surface area contributed by atoms with Gasteiger partial charge in [-0.05, 0) is 25.0 Å². The van der Waals surface area contributed by atoms with Gasteiger partial charge in [0.1, 0.15) is 5.02 Å². The van der Waals surface area contributed by atoms with Gasteiger partial charge >= 0.3 is 0 Å². The zero-order valence-electron chi connectivity index (χ0n) is 11.5. The maximum absolute atomic E-state index is 12.3. The number of halogens is 1. The summed E-state index contributed by atoms with van der Waals surface area (Å²) in [5, 5.41) is 13.5. The Labute approximate surface area is 127 Å². The number of nitrogens with zero attached hydrogens (tertiary/aromatic N) is 1. The van der Waals surface area contributed by atoms with Gasteiger partial charge in [-0.1, -0.05) is 30.9 Å². The van der Waals surface area contributed by atoms with Gasteiger partial charge in [-0.3, -0.25) is 14.9 Å². The SMILES string of the molecule is NC1CCCCCC1C(=O)Nc1ccc([N+](=O)[O-])c(Cl)c1. The molecular formula is C14H18ClN3O3. The number of rotatable bonds is 3. The average molecular weight is 312 g/mol. The number of nitrogens with one attached hydrogen (secondary N) is 1. The molecule has 1 saturated carbocycles. The van der Waals surface area contributed by atoms with Crippen molar-refractivity contribution in [3.63, 3.8) is 0 Å². The zero-order valence-corrected chi connectivity index (χ0v) is 12.3. The van der Waals surface area contributed by atoms with Crippen molar-refractivity contribution in [2.24, 2.45) is 11.7 Å². The quantitative estimate of drug-likeness (QED) is 0.509. The van der Waals surface area contributed by atoms with Gasteiger partial charge in [0, 0.05) is 17.8 Å². The number of anilines is 1. The topological polar surface area (TPSA) is 98.3 Å². The Morgan fingerprint density at radius 2 is 2.05 bits per heavy atom. The summed E-state index contributed by atoms with van der Waals surface area (Å²) in [5.41, 5.74) is 6.32. The fourth-order valence-electron chi connectivity index (χ4n) is 2.63. The highest BCUT2D eigenvalue weighted by atomic mass is 35.5. The number of carbonyl (C=O) groups excluding carboxylic acids is 1. The van der Waals surface area contributed by atoms with E-state index in [1.807, 2.05) is 0 Å². The molecule has 114 valence electrons. The number of nitro groups is 1. The van der Waals surface area contributed by atoms with Gasteiger partial charge in [-0.15, -0.1) is 0 Å². The lowest BCUT2D eigenvalue weighted by Gasteiger charge is -2.20. The van der Waals surface area contributed by atoms with Gasteiger partial charge in [0.2, 0.25) is 5.91 Å². The van der Waals surface area contributed by atoms with Crippen molar-refractivity contribution >= 4 is 28.9 Å². The summed E-state index contributed by atoms with van der Waals surface area (Å²) in [6, 6.07) is 4.01. The Bertz CT molecular complexity index is 550. The van der Waals surface area contributed by atoms with Crippen LogP contribution in [-0.2, 0) is 4.79 Å². The third kappa shape index (κ3) is 3.92. The predicted molar refractivity (Wildman–Crippen MR) is 81.3 cm³/mol. The first-order chi connectivity index (χ1) is 9.99.